The van der Waals surface area contributed by atoms with Crippen LogP contribution in [0.15, 0.2) is 0 Å². The SMILES string of the molecule is CCCN(CC(=O)NC(C)COC)CC(=O)OC. The fraction of sp³-hybridized carbons (Fsp3) is 0.833. The molecule has 0 rings (SSSR count). The molecule has 0 heterocycles. The van der Waals surface area contributed by atoms with Gasteiger partial charge in [0.05, 0.1) is 26.8 Å². The Bertz CT molecular complexity index is 258. The van der Waals surface area contributed by atoms with Crippen molar-refractivity contribution in [1.29, 1.82) is 0 Å². The van der Waals surface area contributed by atoms with Crippen molar-refractivity contribution in [2.24, 2.45) is 0 Å². The van der Waals surface area contributed by atoms with E-state index in [1.807, 2.05) is 13.8 Å². The van der Waals surface area contributed by atoms with Crippen LogP contribution in [-0.2, 0) is 19.1 Å². The molecule has 1 atom stereocenters. The van der Waals surface area contributed by atoms with E-state index in [2.05, 4.69) is 10.1 Å². The van der Waals surface area contributed by atoms with E-state index in [-0.39, 0.29) is 31.0 Å². The second-order valence-corrected chi connectivity index (χ2v) is 4.21. The van der Waals surface area contributed by atoms with Crippen LogP contribution in [0.2, 0.25) is 0 Å². The van der Waals surface area contributed by atoms with Crippen LogP contribution in [0.1, 0.15) is 20.3 Å². The van der Waals surface area contributed by atoms with Gasteiger partial charge in [-0.15, -0.1) is 0 Å². The molecule has 0 aromatic heterocycles. The Morgan fingerprint density at radius 1 is 1.28 bits per heavy atom. The normalized spacial score (nSPS) is 12.3. The summed E-state index contributed by atoms with van der Waals surface area (Å²) < 4.78 is 9.53. The molecule has 6 nitrogen and oxygen atoms in total. The van der Waals surface area contributed by atoms with Crippen molar-refractivity contribution in [3.63, 3.8) is 0 Å². The maximum absolute atomic E-state index is 11.7. The monoisotopic (exact) mass is 260 g/mol. The predicted molar refractivity (Wildman–Crippen MR) is 68.2 cm³/mol. The highest BCUT2D eigenvalue weighted by Crippen LogP contribution is 1.93. The molecule has 0 bridgehead atoms. The third-order valence-corrected chi connectivity index (χ3v) is 2.31. The van der Waals surface area contributed by atoms with Gasteiger partial charge in [0, 0.05) is 13.2 Å². The number of carbonyl (C=O) groups is 2. The summed E-state index contributed by atoms with van der Waals surface area (Å²) in [6.07, 6.45) is 0.873. The number of amides is 1. The molecule has 0 fully saturated rings. The third kappa shape index (κ3) is 8.03. The Morgan fingerprint density at radius 2 is 1.94 bits per heavy atom. The highest BCUT2D eigenvalue weighted by molar-refractivity contribution is 5.79. The highest BCUT2D eigenvalue weighted by Gasteiger charge is 2.15. The van der Waals surface area contributed by atoms with Crippen LogP contribution in [0.5, 0.6) is 0 Å². The number of carbonyl (C=O) groups excluding carboxylic acids is 2. The summed E-state index contributed by atoms with van der Waals surface area (Å²) >= 11 is 0. The van der Waals surface area contributed by atoms with Crippen molar-refractivity contribution >= 4 is 11.9 Å². The first-order chi connectivity index (χ1) is 8.53. The van der Waals surface area contributed by atoms with Gasteiger partial charge in [0.15, 0.2) is 0 Å². The van der Waals surface area contributed by atoms with Crippen molar-refractivity contribution in [2.75, 3.05) is 40.5 Å². The summed E-state index contributed by atoms with van der Waals surface area (Å²) in [5.74, 6) is -0.446. The number of ether oxygens (including phenoxy) is 2. The molecule has 0 radical (unpaired) electrons. The molecule has 0 saturated carbocycles. The second kappa shape index (κ2) is 9.85. The quantitative estimate of drug-likeness (QED) is 0.592. The summed E-state index contributed by atoms with van der Waals surface area (Å²) in [6.45, 7) is 5.34. The van der Waals surface area contributed by atoms with Gasteiger partial charge in [-0.3, -0.25) is 14.5 Å². The van der Waals surface area contributed by atoms with Crippen molar-refractivity contribution < 1.29 is 19.1 Å². The zero-order valence-corrected chi connectivity index (χ0v) is 11.7. The predicted octanol–water partition coefficient (Wildman–Crippen LogP) is 0.0225. The molecule has 0 aliphatic carbocycles. The lowest BCUT2D eigenvalue weighted by Gasteiger charge is -2.21. The van der Waals surface area contributed by atoms with Gasteiger partial charge in [-0.2, -0.15) is 0 Å². The number of nitrogens with one attached hydrogen (secondary N) is 1. The van der Waals surface area contributed by atoms with Gasteiger partial charge < -0.3 is 14.8 Å². The summed E-state index contributed by atoms with van der Waals surface area (Å²) in [5, 5.41) is 2.80. The standard InChI is InChI=1S/C12H24N2O4/c1-5-6-14(8-12(16)18-4)7-11(15)13-10(2)9-17-3/h10H,5-9H2,1-4H3,(H,13,15). The molecule has 18 heavy (non-hydrogen) atoms. The Balaban J connectivity index is 4.14. The number of esters is 1. The van der Waals surface area contributed by atoms with E-state index in [1.54, 1.807) is 12.0 Å². The van der Waals surface area contributed by atoms with Crippen LogP contribution < -0.4 is 5.32 Å². The van der Waals surface area contributed by atoms with Gasteiger partial charge >= 0.3 is 5.97 Å². The molecule has 0 aromatic rings. The average Bonchev–Trinajstić information content (AvgIpc) is 2.28. The van der Waals surface area contributed by atoms with Crippen LogP contribution in [0.3, 0.4) is 0 Å². The van der Waals surface area contributed by atoms with Crippen molar-refractivity contribution in [3.05, 3.63) is 0 Å². The van der Waals surface area contributed by atoms with Crippen molar-refractivity contribution in [2.45, 2.75) is 26.3 Å². The van der Waals surface area contributed by atoms with E-state index in [4.69, 9.17) is 4.74 Å². The number of methoxy groups -OCH3 is 2. The fourth-order valence-electron chi connectivity index (χ4n) is 1.59. The van der Waals surface area contributed by atoms with Gasteiger partial charge in [0.2, 0.25) is 5.91 Å². The van der Waals surface area contributed by atoms with E-state index in [0.29, 0.717) is 13.2 Å². The second-order valence-electron chi connectivity index (χ2n) is 4.21. The smallest absolute Gasteiger partial charge is 0.319 e. The van der Waals surface area contributed by atoms with Crippen LogP contribution in [0, 0.1) is 0 Å². The van der Waals surface area contributed by atoms with Crippen LogP contribution in [-0.4, -0.2) is 63.3 Å². The molecule has 0 aromatic carbocycles. The zero-order chi connectivity index (χ0) is 14.0. The third-order valence-electron chi connectivity index (χ3n) is 2.31. The topological polar surface area (TPSA) is 67.9 Å². The van der Waals surface area contributed by atoms with Crippen molar-refractivity contribution in [3.8, 4) is 0 Å². The lowest BCUT2D eigenvalue weighted by molar-refractivity contribution is -0.142. The molecular weight excluding hydrogens is 236 g/mol. The van der Waals surface area contributed by atoms with Gasteiger partial charge in [-0.05, 0) is 19.9 Å². The number of hydrogen-bond donors (Lipinski definition) is 1. The fourth-order valence-corrected chi connectivity index (χ4v) is 1.59. The summed E-state index contributed by atoms with van der Waals surface area (Å²) in [5.41, 5.74) is 0. The maximum Gasteiger partial charge on any atom is 0.319 e. The number of nitrogens with zero attached hydrogens (tertiary/aromatic N) is 1. The molecule has 1 amide bonds. The van der Waals surface area contributed by atoms with Gasteiger partial charge in [-0.1, -0.05) is 6.92 Å². The molecule has 0 aliphatic rings. The maximum atomic E-state index is 11.7. The van der Waals surface area contributed by atoms with Crippen molar-refractivity contribution in [1.82, 2.24) is 10.2 Å². The lowest BCUT2D eigenvalue weighted by atomic mass is 10.3. The van der Waals surface area contributed by atoms with E-state index in [9.17, 15) is 9.59 Å². The Kier molecular flexibility index (Phi) is 9.22. The van der Waals surface area contributed by atoms with E-state index >= 15 is 0 Å². The molecular formula is C12H24N2O4. The molecule has 1 N–H and O–H groups in total. The van der Waals surface area contributed by atoms with Gasteiger partial charge in [0.1, 0.15) is 0 Å². The number of hydrogen-bond acceptors (Lipinski definition) is 5. The van der Waals surface area contributed by atoms with Gasteiger partial charge in [-0.25, -0.2) is 0 Å². The molecule has 0 spiro atoms. The average molecular weight is 260 g/mol. The first-order valence-corrected chi connectivity index (χ1v) is 6.10. The summed E-state index contributed by atoms with van der Waals surface area (Å²) in [7, 11) is 2.93. The summed E-state index contributed by atoms with van der Waals surface area (Å²) in [4.78, 5) is 24.7. The largest absolute Gasteiger partial charge is 0.468 e. The van der Waals surface area contributed by atoms with E-state index in [0.717, 1.165) is 6.42 Å². The first-order valence-electron chi connectivity index (χ1n) is 6.10. The van der Waals surface area contributed by atoms with Crippen LogP contribution in [0.25, 0.3) is 0 Å². The van der Waals surface area contributed by atoms with E-state index < -0.39 is 0 Å². The summed E-state index contributed by atoms with van der Waals surface area (Å²) in [6, 6.07) is -0.0379. The highest BCUT2D eigenvalue weighted by atomic mass is 16.5. The molecule has 1 unspecified atom stereocenters. The molecule has 0 saturated heterocycles. The van der Waals surface area contributed by atoms with E-state index in [1.165, 1.54) is 7.11 Å². The minimum atomic E-state index is -0.332. The Hall–Kier alpha value is -1.14. The molecule has 0 aliphatic heterocycles. The lowest BCUT2D eigenvalue weighted by Crippen LogP contribution is -2.44. The van der Waals surface area contributed by atoms with Crippen LogP contribution >= 0.6 is 0 Å². The minimum absolute atomic E-state index is 0.0379. The minimum Gasteiger partial charge on any atom is -0.468 e. The zero-order valence-electron chi connectivity index (χ0n) is 11.7. The number of rotatable bonds is 9. The Morgan fingerprint density at radius 3 is 2.44 bits per heavy atom. The van der Waals surface area contributed by atoms with Crippen LogP contribution in [0.4, 0.5) is 0 Å². The molecule has 6 heteroatoms. The molecule has 106 valence electrons. The van der Waals surface area contributed by atoms with Gasteiger partial charge in [0.25, 0.3) is 0 Å². The Labute approximate surface area is 109 Å². The first kappa shape index (κ1) is 16.9.